The molecule has 0 aliphatic rings. The fourth-order valence-corrected chi connectivity index (χ4v) is 1.24. The fraction of sp³-hybridized carbons (Fsp3) is 0.900. The van der Waals surface area contributed by atoms with E-state index in [1.54, 1.807) is 14.0 Å². The molecule has 0 spiro atoms. The minimum Gasteiger partial charge on any atom is -0.479 e. The number of rotatable bonds is 9. The molecular formula is C10H21NO4. The highest BCUT2D eigenvalue weighted by atomic mass is 16.5. The lowest BCUT2D eigenvalue weighted by Crippen LogP contribution is -2.40. The van der Waals surface area contributed by atoms with Gasteiger partial charge in [-0.1, -0.05) is 6.92 Å². The number of methoxy groups -OCH3 is 1. The van der Waals surface area contributed by atoms with Crippen molar-refractivity contribution in [2.75, 3.05) is 40.0 Å². The van der Waals surface area contributed by atoms with Crippen LogP contribution in [0.3, 0.4) is 0 Å². The third-order valence-corrected chi connectivity index (χ3v) is 2.13. The maximum atomic E-state index is 10.8. The van der Waals surface area contributed by atoms with Crippen LogP contribution in [0.5, 0.6) is 0 Å². The van der Waals surface area contributed by atoms with E-state index in [1.165, 1.54) is 0 Å². The molecule has 0 rings (SSSR count). The summed E-state index contributed by atoms with van der Waals surface area (Å²) in [6.45, 7) is 6.72. The van der Waals surface area contributed by atoms with E-state index in [9.17, 15) is 4.79 Å². The molecule has 0 aromatic carbocycles. The van der Waals surface area contributed by atoms with Crippen molar-refractivity contribution >= 4 is 5.97 Å². The molecule has 1 unspecified atom stereocenters. The molecule has 0 aliphatic heterocycles. The average molecular weight is 219 g/mol. The lowest BCUT2D eigenvalue weighted by atomic mass is 10.3. The van der Waals surface area contributed by atoms with Crippen LogP contribution in [-0.4, -0.2) is 62.0 Å². The second kappa shape index (κ2) is 8.64. The zero-order valence-electron chi connectivity index (χ0n) is 9.73. The van der Waals surface area contributed by atoms with Crippen LogP contribution in [0.25, 0.3) is 0 Å². The lowest BCUT2D eigenvalue weighted by Gasteiger charge is -2.23. The van der Waals surface area contributed by atoms with Gasteiger partial charge < -0.3 is 14.6 Å². The molecule has 0 bridgehead atoms. The minimum absolute atomic E-state index is 0.406. The third kappa shape index (κ3) is 6.43. The van der Waals surface area contributed by atoms with Gasteiger partial charge in [-0.2, -0.15) is 0 Å². The lowest BCUT2D eigenvalue weighted by molar-refractivity contribution is -0.151. The van der Waals surface area contributed by atoms with Gasteiger partial charge in [0.2, 0.25) is 0 Å². The van der Waals surface area contributed by atoms with E-state index >= 15 is 0 Å². The number of ether oxygens (including phenoxy) is 2. The van der Waals surface area contributed by atoms with Crippen molar-refractivity contribution in [3.05, 3.63) is 0 Å². The molecule has 0 fully saturated rings. The predicted octanol–water partition coefficient (Wildman–Crippen LogP) is 0.444. The maximum absolute atomic E-state index is 10.8. The van der Waals surface area contributed by atoms with E-state index in [4.69, 9.17) is 14.6 Å². The van der Waals surface area contributed by atoms with Crippen molar-refractivity contribution < 1.29 is 19.4 Å². The molecule has 0 aromatic heterocycles. The Morgan fingerprint density at radius 2 is 2.13 bits per heavy atom. The molecule has 0 saturated carbocycles. The summed E-state index contributed by atoms with van der Waals surface area (Å²) >= 11 is 0. The SMILES string of the molecule is CCOC(CN(CC)CCOC)C(=O)O. The molecule has 0 radical (unpaired) electrons. The van der Waals surface area contributed by atoms with Gasteiger partial charge in [0.25, 0.3) is 0 Å². The van der Waals surface area contributed by atoms with Crippen LogP contribution in [0.1, 0.15) is 13.8 Å². The summed E-state index contributed by atoms with van der Waals surface area (Å²) in [5, 5.41) is 8.89. The van der Waals surface area contributed by atoms with Crippen LogP contribution in [0, 0.1) is 0 Å². The highest BCUT2D eigenvalue weighted by Gasteiger charge is 2.20. The zero-order valence-corrected chi connectivity index (χ0v) is 9.73. The van der Waals surface area contributed by atoms with Crippen molar-refractivity contribution in [1.82, 2.24) is 4.90 Å². The molecule has 0 aliphatic carbocycles. The number of aliphatic carboxylic acids is 1. The minimum atomic E-state index is -0.910. The molecule has 5 heteroatoms. The Labute approximate surface area is 91.0 Å². The summed E-state index contributed by atoms with van der Waals surface area (Å²) in [5.41, 5.74) is 0. The quantitative estimate of drug-likeness (QED) is 0.610. The first-order valence-electron chi connectivity index (χ1n) is 5.21. The summed E-state index contributed by atoms with van der Waals surface area (Å²) < 4.78 is 10.1. The summed E-state index contributed by atoms with van der Waals surface area (Å²) in [7, 11) is 1.63. The number of hydrogen-bond acceptors (Lipinski definition) is 4. The Morgan fingerprint density at radius 3 is 2.53 bits per heavy atom. The molecule has 0 amide bonds. The maximum Gasteiger partial charge on any atom is 0.334 e. The Bertz CT molecular complexity index is 175. The second-order valence-electron chi connectivity index (χ2n) is 3.17. The van der Waals surface area contributed by atoms with Gasteiger partial charge in [-0.25, -0.2) is 4.79 Å². The molecule has 15 heavy (non-hydrogen) atoms. The number of carboxylic acid groups (broad SMARTS) is 1. The van der Waals surface area contributed by atoms with Crippen LogP contribution < -0.4 is 0 Å². The first-order chi connectivity index (χ1) is 7.15. The molecule has 0 saturated heterocycles. The van der Waals surface area contributed by atoms with E-state index < -0.39 is 12.1 Å². The van der Waals surface area contributed by atoms with Gasteiger partial charge in [0.05, 0.1) is 6.61 Å². The van der Waals surface area contributed by atoms with Crippen LogP contribution in [-0.2, 0) is 14.3 Å². The predicted molar refractivity (Wildman–Crippen MR) is 57.0 cm³/mol. The molecule has 1 atom stereocenters. The fourth-order valence-electron chi connectivity index (χ4n) is 1.24. The van der Waals surface area contributed by atoms with Gasteiger partial charge in [0, 0.05) is 26.8 Å². The van der Waals surface area contributed by atoms with E-state index in [-0.39, 0.29) is 0 Å². The topological polar surface area (TPSA) is 59.0 Å². The summed E-state index contributed by atoms with van der Waals surface area (Å²) in [4.78, 5) is 12.8. The van der Waals surface area contributed by atoms with Gasteiger partial charge in [0.1, 0.15) is 0 Å². The monoisotopic (exact) mass is 219 g/mol. The van der Waals surface area contributed by atoms with E-state index in [0.717, 1.165) is 13.1 Å². The Balaban J connectivity index is 4.03. The van der Waals surface area contributed by atoms with Crippen LogP contribution in [0.2, 0.25) is 0 Å². The van der Waals surface area contributed by atoms with Crippen molar-refractivity contribution in [2.45, 2.75) is 20.0 Å². The molecule has 5 nitrogen and oxygen atoms in total. The average Bonchev–Trinajstić information content (AvgIpc) is 2.22. The first kappa shape index (κ1) is 14.3. The van der Waals surface area contributed by atoms with Gasteiger partial charge in [-0.05, 0) is 13.5 Å². The molecular weight excluding hydrogens is 198 g/mol. The second-order valence-corrected chi connectivity index (χ2v) is 3.17. The molecule has 0 heterocycles. The number of hydrogen-bond donors (Lipinski definition) is 1. The third-order valence-electron chi connectivity index (χ3n) is 2.13. The molecule has 90 valence electrons. The van der Waals surface area contributed by atoms with Gasteiger partial charge in [0.15, 0.2) is 6.10 Å². The zero-order chi connectivity index (χ0) is 11.7. The number of carboxylic acids is 1. The van der Waals surface area contributed by atoms with Crippen molar-refractivity contribution in [1.29, 1.82) is 0 Å². The molecule has 0 aromatic rings. The first-order valence-corrected chi connectivity index (χ1v) is 5.21. The Kier molecular flexibility index (Phi) is 8.27. The van der Waals surface area contributed by atoms with Gasteiger partial charge in [-0.3, -0.25) is 4.90 Å². The highest BCUT2D eigenvalue weighted by Crippen LogP contribution is 1.98. The number of likely N-dealkylation sites (N-methyl/N-ethyl adjacent to an activating group) is 1. The van der Waals surface area contributed by atoms with Crippen LogP contribution >= 0.6 is 0 Å². The Hall–Kier alpha value is -0.650. The Morgan fingerprint density at radius 1 is 1.47 bits per heavy atom. The van der Waals surface area contributed by atoms with Crippen molar-refractivity contribution in [2.24, 2.45) is 0 Å². The van der Waals surface area contributed by atoms with Crippen LogP contribution in [0.15, 0.2) is 0 Å². The van der Waals surface area contributed by atoms with Gasteiger partial charge >= 0.3 is 5.97 Å². The summed E-state index contributed by atoms with van der Waals surface area (Å²) in [6.07, 6.45) is -0.744. The van der Waals surface area contributed by atoms with Crippen molar-refractivity contribution in [3.63, 3.8) is 0 Å². The highest BCUT2D eigenvalue weighted by molar-refractivity contribution is 5.72. The number of nitrogens with zero attached hydrogens (tertiary/aromatic N) is 1. The normalized spacial score (nSPS) is 13.1. The van der Waals surface area contributed by atoms with Crippen LogP contribution in [0.4, 0.5) is 0 Å². The largest absolute Gasteiger partial charge is 0.479 e. The van der Waals surface area contributed by atoms with E-state index in [1.807, 2.05) is 11.8 Å². The summed E-state index contributed by atoms with van der Waals surface area (Å²) in [5.74, 6) is -0.910. The summed E-state index contributed by atoms with van der Waals surface area (Å²) in [6, 6.07) is 0. The number of carbonyl (C=O) groups is 1. The van der Waals surface area contributed by atoms with Crippen molar-refractivity contribution in [3.8, 4) is 0 Å². The molecule has 1 N–H and O–H groups in total. The standard InChI is InChI=1S/C10H21NO4/c1-4-11(6-7-14-3)8-9(10(12)13)15-5-2/h9H,4-8H2,1-3H3,(H,12,13). The smallest absolute Gasteiger partial charge is 0.334 e. The van der Waals surface area contributed by atoms with E-state index in [0.29, 0.717) is 19.8 Å². The van der Waals surface area contributed by atoms with Gasteiger partial charge in [-0.15, -0.1) is 0 Å². The van der Waals surface area contributed by atoms with E-state index in [2.05, 4.69) is 0 Å².